The van der Waals surface area contributed by atoms with Crippen LogP contribution in [0.3, 0.4) is 0 Å². The summed E-state index contributed by atoms with van der Waals surface area (Å²) in [5.74, 6) is 2.56. The fraction of sp³-hybridized carbons (Fsp3) is 0.200. The van der Waals surface area contributed by atoms with E-state index >= 15 is 0 Å². The van der Waals surface area contributed by atoms with Crippen LogP contribution in [-0.4, -0.2) is 19.3 Å². The number of benzene rings is 4. The van der Waals surface area contributed by atoms with Gasteiger partial charge >= 0.3 is 21.1 Å². The van der Waals surface area contributed by atoms with Gasteiger partial charge in [0.05, 0.1) is 11.4 Å². The summed E-state index contributed by atoms with van der Waals surface area (Å²) in [5, 5.41) is 7.43. The van der Waals surface area contributed by atoms with Gasteiger partial charge in [0.1, 0.15) is 5.82 Å². The Labute approximate surface area is 285 Å². The molecule has 232 valence electrons. The third kappa shape index (κ3) is 6.04. The van der Waals surface area contributed by atoms with Gasteiger partial charge in [-0.3, -0.25) is 4.68 Å². The van der Waals surface area contributed by atoms with E-state index in [4.69, 9.17) is 14.8 Å². The largest absolute Gasteiger partial charge is 2.00 e. The fourth-order valence-electron chi connectivity index (χ4n) is 6.18. The molecular weight excluding hydrogens is 748 g/mol. The number of para-hydroxylation sites is 1. The van der Waals surface area contributed by atoms with Crippen molar-refractivity contribution in [3.8, 4) is 34.1 Å². The molecule has 3 aromatic heterocycles. The number of aromatic nitrogens is 4. The topological polar surface area (TPSA) is 44.9 Å². The quantitative estimate of drug-likeness (QED) is 0.137. The molecule has 7 rings (SSSR count). The van der Waals surface area contributed by atoms with Crippen molar-refractivity contribution in [3.05, 3.63) is 132 Å². The molecule has 0 N–H and O–H groups in total. The Morgan fingerprint density at radius 2 is 1.61 bits per heavy atom. The predicted molar refractivity (Wildman–Crippen MR) is 183 cm³/mol. The molecule has 0 spiro atoms. The summed E-state index contributed by atoms with van der Waals surface area (Å²) in [6.07, 6.45) is 4.70. The smallest absolute Gasteiger partial charge is 0.509 e. The van der Waals surface area contributed by atoms with Crippen molar-refractivity contribution in [1.29, 1.82) is 0 Å². The molecular formula is C40H36N4OPt. The zero-order chi connectivity index (χ0) is 30.9. The van der Waals surface area contributed by atoms with Crippen molar-refractivity contribution >= 4 is 21.8 Å². The molecule has 0 saturated heterocycles. The van der Waals surface area contributed by atoms with E-state index in [0.717, 1.165) is 63.8 Å². The van der Waals surface area contributed by atoms with Crippen LogP contribution in [0.4, 0.5) is 0 Å². The maximum Gasteiger partial charge on any atom is 2.00 e. The molecule has 0 amide bonds. The molecule has 5 nitrogen and oxygen atoms in total. The van der Waals surface area contributed by atoms with Crippen LogP contribution < -0.4 is 4.74 Å². The van der Waals surface area contributed by atoms with Crippen molar-refractivity contribution in [2.45, 2.75) is 47.0 Å². The standard InChI is InChI=1S/C40H36N4O.Pt/c1-5-12-35-40(29-13-7-6-8-14-29)38(23-27(2)3)44(42-35)30-15-11-16-31(25-30)45-32-19-20-34-33-17-9-10-18-36(33)43(37(34)26-32)39-24-28(4)21-22-41-39;/h6-11,13-22,24,27H,5,12,23H2,1-4H3;/q-2;+2. The van der Waals surface area contributed by atoms with Crippen LogP contribution in [0.1, 0.15) is 44.1 Å². The Hall–Kier alpha value is -4.47. The number of ether oxygens (including phenoxy) is 1. The minimum Gasteiger partial charge on any atom is -0.509 e. The Morgan fingerprint density at radius 3 is 2.39 bits per heavy atom. The van der Waals surface area contributed by atoms with E-state index in [1.54, 1.807) is 0 Å². The summed E-state index contributed by atoms with van der Waals surface area (Å²) in [6, 6.07) is 40.3. The van der Waals surface area contributed by atoms with Gasteiger partial charge in [0.15, 0.2) is 0 Å². The normalized spacial score (nSPS) is 11.3. The molecule has 0 fully saturated rings. The third-order valence-electron chi connectivity index (χ3n) is 8.09. The predicted octanol–water partition coefficient (Wildman–Crippen LogP) is 9.88. The number of nitrogens with zero attached hydrogens (tertiary/aromatic N) is 4. The molecule has 6 heteroatoms. The van der Waals surface area contributed by atoms with Gasteiger partial charge in [-0.1, -0.05) is 81.2 Å². The second kappa shape index (κ2) is 13.5. The molecule has 0 aliphatic carbocycles. The SMILES string of the molecule is CCCc1nn(-c2[c-]c(Oc3[c-]c4c(cc3)c3ccccc3n4-c3cc(C)ccn3)ccc2)c(CC(C)C)c1-c1ccccc1.[Pt+2]. The first-order valence-electron chi connectivity index (χ1n) is 15.8. The fourth-order valence-corrected chi connectivity index (χ4v) is 6.18. The van der Waals surface area contributed by atoms with E-state index in [1.165, 1.54) is 16.8 Å². The molecule has 0 aliphatic rings. The Morgan fingerprint density at radius 1 is 0.826 bits per heavy atom. The second-order valence-electron chi connectivity index (χ2n) is 12.0. The summed E-state index contributed by atoms with van der Waals surface area (Å²) in [5.41, 5.74) is 8.79. The van der Waals surface area contributed by atoms with Crippen LogP contribution in [0.5, 0.6) is 11.5 Å². The van der Waals surface area contributed by atoms with E-state index in [2.05, 4.69) is 122 Å². The molecule has 0 saturated carbocycles. The van der Waals surface area contributed by atoms with Crippen molar-refractivity contribution in [1.82, 2.24) is 19.3 Å². The number of hydrogen-bond donors (Lipinski definition) is 0. The molecule has 0 atom stereocenters. The average Bonchev–Trinajstić information content (AvgIpc) is 3.56. The van der Waals surface area contributed by atoms with E-state index in [1.807, 2.05) is 30.5 Å². The summed E-state index contributed by atoms with van der Waals surface area (Å²) in [4.78, 5) is 4.70. The van der Waals surface area contributed by atoms with Crippen LogP contribution in [0, 0.1) is 25.0 Å². The van der Waals surface area contributed by atoms with Crippen LogP contribution in [-0.2, 0) is 33.9 Å². The van der Waals surface area contributed by atoms with Crippen LogP contribution in [0.2, 0.25) is 0 Å². The van der Waals surface area contributed by atoms with Crippen molar-refractivity contribution < 1.29 is 25.8 Å². The molecule has 3 heterocycles. The van der Waals surface area contributed by atoms with E-state index in [9.17, 15) is 0 Å². The molecule has 46 heavy (non-hydrogen) atoms. The average molecular weight is 784 g/mol. The minimum absolute atomic E-state index is 0. The van der Waals surface area contributed by atoms with Crippen LogP contribution >= 0.6 is 0 Å². The van der Waals surface area contributed by atoms with Gasteiger partial charge in [-0.25, -0.2) is 4.98 Å². The van der Waals surface area contributed by atoms with Crippen molar-refractivity contribution in [3.63, 3.8) is 0 Å². The second-order valence-corrected chi connectivity index (χ2v) is 12.0. The first kappa shape index (κ1) is 31.5. The van der Waals surface area contributed by atoms with Gasteiger partial charge in [-0.2, -0.15) is 17.2 Å². The monoisotopic (exact) mass is 783 g/mol. The molecule has 4 aromatic carbocycles. The van der Waals surface area contributed by atoms with Gasteiger partial charge in [0.25, 0.3) is 0 Å². The van der Waals surface area contributed by atoms with Gasteiger partial charge in [-0.05, 0) is 66.1 Å². The van der Waals surface area contributed by atoms with E-state index in [0.29, 0.717) is 17.4 Å². The van der Waals surface area contributed by atoms with E-state index < -0.39 is 0 Å². The number of fused-ring (bicyclic) bond motifs is 3. The zero-order valence-corrected chi connectivity index (χ0v) is 28.8. The molecule has 0 radical (unpaired) electrons. The first-order valence-corrected chi connectivity index (χ1v) is 15.8. The number of pyridine rings is 1. The number of aryl methyl sites for hydroxylation is 2. The van der Waals surface area contributed by atoms with E-state index in [-0.39, 0.29) is 21.1 Å². The van der Waals surface area contributed by atoms with Crippen LogP contribution in [0.15, 0.2) is 103 Å². The van der Waals surface area contributed by atoms with Crippen molar-refractivity contribution in [2.75, 3.05) is 0 Å². The third-order valence-corrected chi connectivity index (χ3v) is 8.09. The van der Waals surface area contributed by atoms with Gasteiger partial charge in [0, 0.05) is 28.8 Å². The maximum absolute atomic E-state index is 6.46. The summed E-state index contributed by atoms with van der Waals surface area (Å²) in [6.45, 7) is 8.80. The first-order chi connectivity index (χ1) is 22.0. The molecule has 0 bridgehead atoms. The van der Waals surface area contributed by atoms with Gasteiger partial charge < -0.3 is 9.30 Å². The van der Waals surface area contributed by atoms with Gasteiger partial charge in [-0.15, -0.1) is 35.7 Å². The molecule has 0 aliphatic heterocycles. The van der Waals surface area contributed by atoms with Crippen molar-refractivity contribution in [2.24, 2.45) is 5.92 Å². The summed E-state index contributed by atoms with van der Waals surface area (Å²) < 4.78 is 10.7. The molecule has 0 unspecified atom stereocenters. The Bertz CT molecular complexity index is 2130. The minimum atomic E-state index is 0. The molecule has 7 aromatic rings. The zero-order valence-electron chi connectivity index (χ0n) is 26.5. The summed E-state index contributed by atoms with van der Waals surface area (Å²) >= 11 is 0. The van der Waals surface area contributed by atoms with Gasteiger partial charge in [0.2, 0.25) is 0 Å². The number of hydrogen-bond acceptors (Lipinski definition) is 3. The maximum atomic E-state index is 6.46. The number of rotatable bonds is 9. The summed E-state index contributed by atoms with van der Waals surface area (Å²) in [7, 11) is 0. The van der Waals surface area contributed by atoms with Crippen LogP contribution in [0.25, 0.3) is 44.4 Å². The Balaban J connectivity index is 0.00000372. The Kier molecular flexibility index (Phi) is 9.24.